The highest BCUT2D eigenvalue weighted by Gasteiger charge is 2.35. The van der Waals surface area contributed by atoms with Crippen LogP contribution in [-0.4, -0.2) is 41.8 Å². The van der Waals surface area contributed by atoms with Crippen LogP contribution >= 0.6 is 0 Å². The number of rotatable bonds is 8. The van der Waals surface area contributed by atoms with Crippen molar-refractivity contribution in [3.05, 3.63) is 59.7 Å². The molecule has 0 heterocycles. The maximum absolute atomic E-state index is 12.6. The zero-order valence-corrected chi connectivity index (χ0v) is 19.0. The zero-order chi connectivity index (χ0) is 23.7. The van der Waals surface area contributed by atoms with E-state index in [0.29, 0.717) is 31.6 Å². The monoisotopic (exact) mass is 462 g/mol. The predicted molar refractivity (Wildman–Crippen MR) is 126 cm³/mol. The van der Waals surface area contributed by atoms with E-state index in [0.717, 1.165) is 24.0 Å². The Morgan fingerprint density at radius 3 is 2.21 bits per heavy atom. The van der Waals surface area contributed by atoms with E-state index in [-0.39, 0.29) is 30.4 Å². The van der Waals surface area contributed by atoms with E-state index < -0.39 is 18.1 Å². The summed E-state index contributed by atoms with van der Waals surface area (Å²) >= 11 is 0. The molecule has 0 bridgehead atoms. The Balaban J connectivity index is 1.12. The molecule has 7 nitrogen and oxygen atoms in total. The summed E-state index contributed by atoms with van der Waals surface area (Å²) in [5, 5.41) is 15.0. The molecule has 178 valence electrons. The molecule has 2 saturated carbocycles. The number of carboxylic acid groups (broad SMARTS) is 1. The molecular formula is C27H30N2O5. The number of carboxylic acids is 1. The van der Waals surface area contributed by atoms with Gasteiger partial charge >= 0.3 is 12.1 Å². The lowest BCUT2D eigenvalue weighted by Crippen LogP contribution is -2.44. The summed E-state index contributed by atoms with van der Waals surface area (Å²) in [4.78, 5) is 36.6. The first-order valence-corrected chi connectivity index (χ1v) is 12.1. The molecule has 0 aromatic heterocycles. The molecule has 3 atom stereocenters. The lowest BCUT2D eigenvalue weighted by molar-refractivity contribution is -0.142. The minimum atomic E-state index is -0.980. The third kappa shape index (κ3) is 4.79. The maximum atomic E-state index is 12.6. The quantitative estimate of drug-likeness (QED) is 0.549. The van der Waals surface area contributed by atoms with E-state index in [1.54, 1.807) is 0 Å². The van der Waals surface area contributed by atoms with Crippen molar-refractivity contribution in [1.82, 2.24) is 10.6 Å². The Kier molecular flexibility index (Phi) is 6.26. The largest absolute Gasteiger partial charge is 0.480 e. The van der Waals surface area contributed by atoms with Gasteiger partial charge in [0.2, 0.25) is 5.91 Å². The van der Waals surface area contributed by atoms with Gasteiger partial charge in [-0.1, -0.05) is 61.4 Å². The van der Waals surface area contributed by atoms with E-state index >= 15 is 0 Å². The molecule has 2 aromatic rings. The molecule has 0 aliphatic heterocycles. The van der Waals surface area contributed by atoms with E-state index in [4.69, 9.17) is 4.74 Å². The molecule has 0 saturated heterocycles. The molecule has 3 N–H and O–H groups in total. The number of aliphatic carboxylic acids is 1. The van der Waals surface area contributed by atoms with Gasteiger partial charge in [0.15, 0.2) is 0 Å². The smallest absolute Gasteiger partial charge is 0.407 e. The third-order valence-electron chi connectivity index (χ3n) is 7.35. The van der Waals surface area contributed by atoms with E-state index in [1.165, 1.54) is 11.1 Å². The Morgan fingerprint density at radius 1 is 0.941 bits per heavy atom. The number of alkyl carbamates (subject to hydrolysis) is 1. The molecule has 0 spiro atoms. The summed E-state index contributed by atoms with van der Waals surface area (Å²) in [5.41, 5.74) is 4.68. The van der Waals surface area contributed by atoms with E-state index in [1.807, 2.05) is 24.3 Å². The number of ether oxygens (including phenoxy) is 1. The van der Waals surface area contributed by atoms with Crippen LogP contribution in [0.3, 0.4) is 0 Å². The average molecular weight is 463 g/mol. The van der Waals surface area contributed by atoms with Gasteiger partial charge in [-0.25, -0.2) is 9.59 Å². The van der Waals surface area contributed by atoms with Crippen LogP contribution in [-0.2, 0) is 14.3 Å². The van der Waals surface area contributed by atoms with Gasteiger partial charge in [0.05, 0.1) is 0 Å². The van der Waals surface area contributed by atoms with Crippen LogP contribution in [0.15, 0.2) is 48.5 Å². The molecule has 2 fully saturated rings. The van der Waals surface area contributed by atoms with Crippen LogP contribution in [0.2, 0.25) is 0 Å². The average Bonchev–Trinajstić information content (AvgIpc) is 3.43. The van der Waals surface area contributed by atoms with Crippen LogP contribution in [0, 0.1) is 11.8 Å². The Hall–Kier alpha value is -3.35. The molecule has 2 aromatic carbocycles. The van der Waals surface area contributed by atoms with Crippen molar-refractivity contribution < 1.29 is 24.2 Å². The normalized spacial score (nSPS) is 21.9. The molecule has 5 rings (SSSR count). The number of nitrogens with one attached hydrogen (secondary N) is 2. The number of hydrogen-bond acceptors (Lipinski definition) is 4. The van der Waals surface area contributed by atoms with Gasteiger partial charge in [-0.05, 0) is 53.9 Å². The highest BCUT2D eigenvalue weighted by molar-refractivity contribution is 5.85. The fraction of sp³-hybridized carbons (Fsp3) is 0.444. The van der Waals surface area contributed by atoms with Crippen LogP contribution in [0.4, 0.5) is 4.79 Å². The lowest BCUT2D eigenvalue weighted by Gasteiger charge is -2.18. The molecule has 3 aliphatic rings. The number of fused-ring (bicyclic) bond motifs is 3. The highest BCUT2D eigenvalue weighted by atomic mass is 16.5. The summed E-state index contributed by atoms with van der Waals surface area (Å²) in [6.45, 7) is 0.248. The number of carbonyl (C=O) groups is 3. The molecular weight excluding hydrogens is 432 g/mol. The van der Waals surface area contributed by atoms with Crippen LogP contribution in [0.5, 0.6) is 0 Å². The standard InChI is InChI=1S/C27H30N2O5/c30-25(29-24(26(31)32)13-16-9-10-16)17-11-12-18(14-17)28-27(33)34-15-23-21-7-3-1-5-19(21)20-6-2-4-8-22(20)23/h1-8,16-18,23-24H,9-15H2,(H,28,33)(H,29,30)(H,31,32)/t17-,18+,24?/m0/s1. The summed E-state index contributed by atoms with van der Waals surface area (Å²) in [5.74, 6) is -1.09. The van der Waals surface area contributed by atoms with Crippen molar-refractivity contribution >= 4 is 18.0 Å². The Bertz CT molecular complexity index is 1050. The predicted octanol–water partition coefficient (Wildman–Crippen LogP) is 4.06. The Labute approximate surface area is 198 Å². The number of amides is 2. The molecule has 2 amide bonds. The second-order valence-electron chi connectivity index (χ2n) is 9.76. The van der Waals surface area contributed by atoms with Crippen molar-refractivity contribution in [2.75, 3.05) is 6.61 Å². The second-order valence-corrected chi connectivity index (χ2v) is 9.76. The van der Waals surface area contributed by atoms with Gasteiger partial charge in [-0.15, -0.1) is 0 Å². The molecule has 3 aliphatic carbocycles. The lowest BCUT2D eigenvalue weighted by atomic mass is 9.98. The van der Waals surface area contributed by atoms with Crippen molar-refractivity contribution in [1.29, 1.82) is 0 Å². The minimum absolute atomic E-state index is 0.000302. The third-order valence-corrected chi connectivity index (χ3v) is 7.35. The minimum Gasteiger partial charge on any atom is -0.480 e. The zero-order valence-electron chi connectivity index (χ0n) is 19.0. The van der Waals surface area contributed by atoms with E-state index in [9.17, 15) is 19.5 Å². The number of benzene rings is 2. The van der Waals surface area contributed by atoms with Gasteiger partial charge in [-0.3, -0.25) is 4.79 Å². The van der Waals surface area contributed by atoms with Crippen LogP contribution < -0.4 is 10.6 Å². The first-order chi connectivity index (χ1) is 16.5. The van der Waals surface area contributed by atoms with E-state index in [2.05, 4.69) is 34.9 Å². The first kappa shape index (κ1) is 22.4. The van der Waals surface area contributed by atoms with Crippen molar-refractivity contribution in [3.63, 3.8) is 0 Å². The number of carbonyl (C=O) groups excluding carboxylic acids is 2. The van der Waals surface area contributed by atoms with Gasteiger partial charge < -0.3 is 20.5 Å². The summed E-state index contributed by atoms with van der Waals surface area (Å²) in [7, 11) is 0. The fourth-order valence-electron chi connectivity index (χ4n) is 5.36. The van der Waals surface area contributed by atoms with Gasteiger partial charge in [0, 0.05) is 17.9 Å². The topological polar surface area (TPSA) is 105 Å². The van der Waals surface area contributed by atoms with Crippen molar-refractivity contribution in [2.24, 2.45) is 11.8 Å². The molecule has 34 heavy (non-hydrogen) atoms. The summed E-state index contributed by atoms with van der Waals surface area (Å²) in [6.07, 6.45) is 3.87. The SMILES string of the molecule is O=C(N[C@@H]1CC[C@H](C(=O)NC(CC2CC2)C(=O)O)C1)OCC1c2ccccc2-c2ccccc21. The van der Waals surface area contributed by atoms with Gasteiger partial charge in [-0.2, -0.15) is 0 Å². The van der Waals surface area contributed by atoms with Crippen molar-refractivity contribution in [3.8, 4) is 11.1 Å². The molecule has 0 radical (unpaired) electrons. The maximum Gasteiger partial charge on any atom is 0.407 e. The van der Waals surface area contributed by atoms with Gasteiger partial charge in [0.25, 0.3) is 0 Å². The second kappa shape index (κ2) is 9.49. The summed E-state index contributed by atoms with van der Waals surface area (Å²) in [6, 6.07) is 15.4. The Morgan fingerprint density at radius 2 is 1.59 bits per heavy atom. The molecule has 1 unspecified atom stereocenters. The van der Waals surface area contributed by atoms with Crippen LogP contribution in [0.25, 0.3) is 11.1 Å². The number of hydrogen-bond donors (Lipinski definition) is 3. The summed E-state index contributed by atoms with van der Waals surface area (Å²) < 4.78 is 5.62. The highest BCUT2D eigenvalue weighted by Crippen LogP contribution is 2.44. The van der Waals surface area contributed by atoms with Crippen molar-refractivity contribution in [2.45, 2.75) is 56.5 Å². The van der Waals surface area contributed by atoms with Gasteiger partial charge in [0.1, 0.15) is 12.6 Å². The molecule has 7 heteroatoms. The van der Waals surface area contributed by atoms with Crippen LogP contribution in [0.1, 0.15) is 55.6 Å². The first-order valence-electron chi connectivity index (χ1n) is 12.1. The fourth-order valence-corrected chi connectivity index (χ4v) is 5.36.